The lowest BCUT2D eigenvalue weighted by Crippen LogP contribution is -2.44. The van der Waals surface area contributed by atoms with Crippen LogP contribution in [0.5, 0.6) is 0 Å². The zero-order chi connectivity index (χ0) is 17.6. The Balaban J connectivity index is 0.00000243. The van der Waals surface area contributed by atoms with Crippen molar-refractivity contribution in [2.75, 3.05) is 18.4 Å². The molecule has 1 aromatic heterocycles. The van der Waals surface area contributed by atoms with E-state index in [4.69, 9.17) is 0 Å². The van der Waals surface area contributed by atoms with E-state index in [9.17, 15) is 9.59 Å². The lowest BCUT2D eigenvalue weighted by molar-refractivity contribution is -0.128. The number of benzene rings is 1. The number of aromatic nitrogens is 3. The summed E-state index contributed by atoms with van der Waals surface area (Å²) in [6.45, 7) is 2.88. The Morgan fingerprint density at radius 2 is 2.08 bits per heavy atom. The molecule has 2 heterocycles. The molecule has 3 rings (SSSR count). The zero-order valence-electron chi connectivity index (χ0n) is 14.5. The smallest absolute Gasteiger partial charge is 0.243 e. The van der Waals surface area contributed by atoms with Crippen LogP contribution >= 0.6 is 12.4 Å². The van der Waals surface area contributed by atoms with Crippen molar-refractivity contribution < 1.29 is 9.59 Å². The highest BCUT2D eigenvalue weighted by atomic mass is 35.5. The number of halogens is 1. The van der Waals surface area contributed by atoms with E-state index in [1.807, 2.05) is 12.1 Å². The summed E-state index contributed by atoms with van der Waals surface area (Å²) in [6.07, 6.45) is 4.67. The summed E-state index contributed by atoms with van der Waals surface area (Å²) in [5.41, 5.74) is 1.52. The number of carbonyl (C=O) groups is 2. The minimum Gasteiger partial charge on any atom is -0.347 e. The molecule has 2 amide bonds. The van der Waals surface area contributed by atoms with Crippen molar-refractivity contribution in [1.82, 2.24) is 25.4 Å². The summed E-state index contributed by atoms with van der Waals surface area (Å²) in [7, 11) is 0. The minimum absolute atomic E-state index is 0. The highest BCUT2D eigenvalue weighted by molar-refractivity contribution is 5.94. The van der Waals surface area contributed by atoms with Gasteiger partial charge in [-0.2, -0.15) is 5.10 Å². The van der Waals surface area contributed by atoms with E-state index in [0.29, 0.717) is 11.7 Å². The van der Waals surface area contributed by atoms with E-state index in [1.54, 1.807) is 23.1 Å². The Labute approximate surface area is 158 Å². The molecule has 1 fully saturated rings. The fourth-order valence-corrected chi connectivity index (χ4v) is 2.93. The second kappa shape index (κ2) is 9.30. The van der Waals surface area contributed by atoms with E-state index < -0.39 is 0 Å². The van der Waals surface area contributed by atoms with Gasteiger partial charge in [0.2, 0.25) is 11.8 Å². The molecule has 140 valence electrons. The van der Waals surface area contributed by atoms with Gasteiger partial charge in [-0.05, 0) is 50.6 Å². The van der Waals surface area contributed by atoms with Gasteiger partial charge in [0, 0.05) is 17.6 Å². The van der Waals surface area contributed by atoms with Crippen molar-refractivity contribution in [3.05, 3.63) is 36.9 Å². The minimum atomic E-state index is -0.246. The highest BCUT2D eigenvalue weighted by Gasteiger charge is 2.24. The van der Waals surface area contributed by atoms with Gasteiger partial charge in [0.05, 0.1) is 12.2 Å². The Morgan fingerprint density at radius 1 is 1.31 bits per heavy atom. The van der Waals surface area contributed by atoms with Gasteiger partial charge in [0.15, 0.2) is 0 Å². The SMILES string of the molecule is C[C@H]1C[C@@H](C(=O)NCC(=O)Nc2ccc(-n3cncn3)cc2)CCN1.Cl. The molecule has 8 nitrogen and oxygen atoms in total. The molecule has 0 spiro atoms. The second-order valence-electron chi connectivity index (χ2n) is 6.23. The van der Waals surface area contributed by atoms with Crippen LogP contribution in [0.15, 0.2) is 36.9 Å². The molecule has 1 aromatic carbocycles. The van der Waals surface area contributed by atoms with E-state index in [0.717, 1.165) is 25.1 Å². The van der Waals surface area contributed by atoms with Gasteiger partial charge in [-0.3, -0.25) is 9.59 Å². The van der Waals surface area contributed by atoms with Crippen LogP contribution in [0, 0.1) is 5.92 Å². The summed E-state index contributed by atoms with van der Waals surface area (Å²) in [4.78, 5) is 28.0. The average Bonchev–Trinajstić information content (AvgIpc) is 3.15. The predicted octanol–water partition coefficient (Wildman–Crippen LogP) is 1.13. The summed E-state index contributed by atoms with van der Waals surface area (Å²) in [5, 5.41) is 12.8. The third-order valence-electron chi connectivity index (χ3n) is 4.25. The molecule has 2 aromatic rings. The summed E-state index contributed by atoms with van der Waals surface area (Å²) in [5.74, 6) is -0.320. The quantitative estimate of drug-likeness (QED) is 0.724. The first-order valence-electron chi connectivity index (χ1n) is 8.38. The third-order valence-corrected chi connectivity index (χ3v) is 4.25. The van der Waals surface area contributed by atoms with E-state index in [-0.39, 0.29) is 36.7 Å². The maximum atomic E-state index is 12.1. The van der Waals surface area contributed by atoms with Crippen molar-refractivity contribution in [3.8, 4) is 5.69 Å². The monoisotopic (exact) mass is 378 g/mol. The topological polar surface area (TPSA) is 101 Å². The first-order chi connectivity index (χ1) is 12.1. The second-order valence-corrected chi connectivity index (χ2v) is 6.23. The average molecular weight is 379 g/mol. The van der Waals surface area contributed by atoms with E-state index in [2.05, 4.69) is 33.0 Å². The van der Waals surface area contributed by atoms with Crippen LogP contribution in [0.25, 0.3) is 5.69 Å². The molecular weight excluding hydrogens is 356 g/mol. The summed E-state index contributed by atoms with van der Waals surface area (Å²) >= 11 is 0. The van der Waals surface area contributed by atoms with Crippen LogP contribution < -0.4 is 16.0 Å². The number of piperidine rings is 1. The lowest BCUT2D eigenvalue weighted by Gasteiger charge is -2.26. The van der Waals surface area contributed by atoms with Crippen LogP contribution in [0.1, 0.15) is 19.8 Å². The number of carbonyl (C=O) groups excluding carboxylic acids is 2. The number of nitrogens with one attached hydrogen (secondary N) is 3. The number of nitrogens with zero attached hydrogens (tertiary/aromatic N) is 3. The third kappa shape index (κ3) is 5.27. The summed E-state index contributed by atoms with van der Waals surface area (Å²) < 4.78 is 1.63. The fraction of sp³-hybridized carbons (Fsp3) is 0.412. The van der Waals surface area contributed by atoms with E-state index in [1.165, 1.54) is 6.33 Å². The molecule has 1 aliphatic heterocycles. The van der Waals surface area contributed by atoms with Gasteiger partial charge in [0.25, 0.3) is 0 Å². The van der Waals surface area contributed by atoms with E-state index >= 15 is 0 Å². The fourth-order valence-electron chi connectivity index (χ4n) is 2.93. The normalized spacial score (nSPS) is 19.3. The van der Waals surface area contributed by atoms with Crippen molar-refractivity contribution in [1.29, 1.82) is 0 Å². The largest absolute Gasteiger partial charge is 0.347 e. The van der Waals surface area contributed by atoms with Crippen LogP contribution in [0.4, 0.5) is 5.69 Å². The maximum absolute atomic E-state index is 12.1. The molecule has 0 bridgehead atoms. The Hall–Kier alpha value is -2.45. The van der Waals surface area contributed by atoms with Crippen LogP contribution in [0.3, 0.4) is 0 Å². The van der Waals surface area contributed by atoms with Crippen LogP contribution in [0.2, 0.25) is 0 Å². The van der Waals surface area contributed by atoms with Crippen LogP contribution in [-0.4, -0.2) is 45.7 Å². The molecule has 0 saturated carbocycles. The molecule has 1 saturated heterocycles. The molecule has 9 heteroatoms. The number of rotatable bonds is 5. The molecule has 0 radical (unpaired) electrons. The van der Waals surface area contributed by atoms with Gasteiger partial charge in [-0.1, -0.05) is 0 Å². The lowest BCUT2D eigenvalue weighted by atomic mass is 9.92. The Morgan fingerprint density at radius 3 is 2.73 bits per heavy atom. The Kier molecular flexibility index (Phi) is 7.11. The molecule has 3 N–H and O–H groups in total. The van der Waals surface area contributed by atoms with Gasteiger partial charge in [-0.25, -0.2) is 9.67 Å². The zero-order valence-corrected chi connectivity index (χ0v) is 15.3. The molecule has 1 aliphatic rings. The van der Waals surface area contributed by atoms with Gasteiger partial charge >= 0.3 is 0 Å². The van der Waals surface area contributed by atoms with Gasteiger partial charge in [0.1, 0.15) is 12.7 Å². The maximum Gasteiger partial charge on any atom is 0.243 e. The predicted molar refractivity (Wildman–Crippen MR) is 100 cm³/mol. The highest BCUT2D eigenvalue weighted by Crippen LogP contribution is 2.16. The molecule has 0 aliphatic carbocycles. The molecule has 2 atom stereocenters. The van der Waals surface area contributed by atoms with Gasteiger partial charge in [-0.15, -0.1) is 12.4 Å². The number of amides is 2. The molecule has 26 heavy (non-hydrogen) atoms. The van der Waals surface area contributed by atoms with Crippen LogP contribution in [-0.2, 0) is 9.59 Å². The van der Waals surface area contributed by atoms with Crippen molar-refractivity contribution >= 4 is 29.9 Å². The standard InChI is InChI=1S/C17H22N6O2.ClH/c1-12-8-13(6-7-19-12)17(25)20-9-16(24)22-14-2-4-15(5-3-14)23-11-18-10-21-23;/h2-5,10-13,19H,6-9H2,1H3,(H,20,25)(H,22,24);1H/t12-,13-;/m0./s1. The Bertz CT molecular complexity index is 719. The van der Waals surface area contributed by atoms with Crippen molar-refractivity contribution in [3.63, 3.8) is 0 Å². The van der Waals surface area contributed by atoms with Crippen molar-refractivity contribution in [2.24, 2.45) is 5.92 Å². The molecular formula is C17H23ClN6O2. The summed E-state index contributed by atoms with van der Waals surface area (Å²) in [6, 6.07) is 7.57. The number of anilines is 1. The van der Waals surface area contributed by atoms with Gasteiger partial charge < -0.3 is 16.0 Å². The number of hydrogen-bond donors (Lipinski definition) is 3. The molecule has 0 unspecified atom stereocenters. The van der Waals surface area contributed by atoms with Crippen molar-refractivity contribution in [2.45, 2.75) is 25.8 Å². The first-order valence-corrected chi connectivity index (χ1v) is 8.38. The first kappa shape index (κ1) is 19.9. The number of hydrogen-bond acceptors (Lipinski definition) is 5.